The third-order valence-corrected chi connectivity index (χ3v) is 3.48. The van der Waals surface area contributed by atoms with Gasteiger partial charge in [0, 0.05) is 19.3 Å². The van der Waals surface area contributed by atoms with Gasteiger partial charge in [-0.15, -0.1) is 0 Å². The summed E-state index contributed by atoms with van der Waals surface area (Å²) >= 11 is 0. The van der Waals surface area contributed by atoms with Crippen molar-refractivity contribution in [2.45, 2.75) is 78.3 Å². The molecule has 2 unspecified atom stereocenters. The second-order valence-electron chi connectivity index (χ2n) is 6.36. The van der Waals surface area contributed by atoms with Crippen LogP contribution in [0.5, 0.6) is 0 Å². The first-order valence-electron chi connectivity index (χ1n) is 7.90. The van der Waals surface area contributed by atoms with Crippen molar-refractivity contribution in [2.75, 3.05) is 13.2 Å². The lowest BCUT2D eigenvalue weighted by Gasteiger charge is -2.28. The Morgan fingerprint density at radius 2 is 1.95 bits per heavy atom. The number of carboxylic acids is 1. The predicted octanol–water partition coefficient (Wildman–Crippen LogP) is 3.45. The third-order valence-electron chi connectivity index (χ3n) is 3.48. The number of aliphatic carboxylic acids is 1. The molecule has 2 N–H and O–H groups in total. The Balaban J connectivity index is 3.83. The third kappa shape index (κ3) is 8.54. The molecule has 0 amide bonds. The number of carbonyl (C=O) groups is 1. The van der Waals surface area contributed by atoms with E-state index in [1.165, 1.54) is 12.8 Å². The zero-order valence-corrected chi connectivity index (χ0v) is 13.9. The van der Waals surface area contributed by atoms with Crippen LogP contribution in [0.25, 0.3) is 0 Å². The molecule has 4 nitrogen and oxygen atoms in total. The highest BCUT2D eigenvalue weighted by Gasteiger charge is 2.32. The Hall–Kier alpha value is -0.610. The van der Waals surface area contributed by atoms with Gasteiger partial charge in [-0.05, 0) is 52.4 Å². The van der Waals surface area contributed by atoms with Crippen LogP contribution in [-0.2, 0) is 9.53 Å². The summed E-state index contributed by atoms with van der Waals surface area (Å²) in [6.45, 7) is 11.6. The molecule has 0 bridgehead atoms. The van der Waals surface area contributed by atoms with Gasteiger partial charge < -0.3 is 9.84 Å². The standard InChI is InChI=1S/C16H33NO3/c1-6-9-14(4)12-20-11-8-7-10-16(5,15(18)19)17-13(2)3/h13-14,17H,6-12H2,1-5H3,(H,18,19). The predicted molar refractivity (Wildman–Crippen MR) is 83.1 cm³/mol. The summed E-state index contributed by atoms with van der Waals surface area (Å²) in [6, 6.07) is 0.169. The van der Waals surface area contributed by atoms with Crippen molar-refractivity contribution in [1.29, 1.82) is 0 Å². The fourth-order valence-corrected chi connectivity index (χ4v) is 2.42. The molecule has 0 rings (SSSR count). The molecule has 0 heterocycles. The minimum absolute atomic E-state index is 0.169. The van der Waals surface area contributed by atoms with Crippen LogP contribution in [0.1, 0.15) is 66.7 Å². The molecular formula is C16H33NO3. The highest BCUT2D eigenvalue weighted by Crippen LogP contribution is 2.15. The van der Waals surface area contributed by atoms with E-state index in [0.29, 0.717) is 12.3 Å². The molecule has 0 aromatic carbocycles. The summed E-state index contributed by atoms with van der Waals surface area (Å²) < 4.78 is 5.64. The molecule has 0 spiro atoms. The van der Waals surface area contributed by atoms with Crippen LogP contribution in [-0.4, -0.2) is 35.9 Å². The molecule has 20 heavy (non-hydrogen) atoms. The number of hydrogen-bond acceptors (Lipinski definition) is 3. The van der Waals surface area contributed by atoms with Crippen molar-refractivity contribution in [3.8, 4) is 0 Å². The molecule has 120 valence electrons. The van der Waals surface area contributed by atoms with Gasteiger partial charge in [-0.3, -0.25) is 10.1 Å². The zero-order valence-electron chi connectivity index (χ0n) is 13.9. The maximum atomic E-state index is 11.3. The summed E-state index contributed by atoms with van der Waals surface area (Å²) in [7, 11) is 0. The van der Waals surface area contributed by atoms with Crippen molar-refractivity contribution in [1.82, 2.24) is 5.32 Å². The molecule has 0 aliphatic heterocycles. The molecule has 0 saturated carbocycles. The fourth-order valence-electron chi connectivity index (χ4n) is 2.42. The average molecular weight is 287 g/mol. The van der Waals surface area contributed by atoms with Crippen LogP contribution in [0.15, 0.2) is 0 Å². The van der Waals surface area contributed by atoms with E-state index in [2.05, 4.69) is 19.2 Å². The molecule has 0 radical (unpaired) electrons. The van der Waals surface area contributed by atoms with Crippen molar-refractivity contribution < 1.29 is 14.6 Å². The minimum Gasteiger partial charge on any atom is -0.480 e. The van der Waals surface area contributed by atoms with Gasteiger partial charge in [0.15, 0.2) is 0 Å². The van der Waals surface area contributed by atoms with Crippen molar-refractivity contribution in [3.05, 3.63) is 0 Å². The Morgan fingerprint density at radius 1 is 1.30 bits per heavy atom. The minimum atomic E-state index is -0.830. The molecule has 0 aliphatic rings. The first-order chi connectivity index (χ1) is 9.31. The van der Waals surface area contributed by atoms with Gasteiger partial charge in [-0.2, -0.15) is 0 Å². The van der Waals surface area contributed by atoms with Crippen LogP contribution in [0.3, 0.4) is 0 Å². The van der Waals surface area contributed by atoms with E-state index in [1.54, 1.807) is 6.92 Å². The van der Waals surface area contributed by atoms with Crippen LogP contribution in [0.4, 0.5) is 0 Å². The Kier molecular flexibility index (Phi) is 9.86. The van der Waals surface area contributed by atoms with Crippen molar-refractivity contribution in [2.24, 2.45) is 5.92 Å². The van der Waals surface area contributed by atoms with E-state index >= 15 is 0 Å². The van der Waals surface area contributed by atoms with Gasteiger partial charge in [0.1, 0.15) is 5.54 Å². The largest absolute Gasteiger partial charge is 0.480 e. The molecule has 4 heteroatoms. The summed E-state index contributed by atoms with van der Waals surface area (Å²) in [5.74, 6) is -0.157. The number of hydrogen-bond donors (Lipinski definition) is 2. The molecule has 2 atom stereocenters. The van der Waals surface area contributed by atoms with E-state index in [0.717, 1.165) is 26.1 Å². The molecule has 0 aromatic heterocycles. The smallest absolute Gasteiger partial charge is 0.323 e. The average Bonchev–Trinajstić information content (AvgIpc) is 2.32. The van der Waals surface area contributed by atoms with Crippen LogP contribution in [0, 0.1) is 5.92 Å². The number of unbranched alkanes of at least 4 members (excludes halogenated alkanes) is 1. The number of nitrogens with one attached hydrogen (secondary N) is 1. The highest BCUT2D eigenvalue weighted by molar-refractivity contribution is 5.78. The first kappa shape index (κ1) is 19.4. The lowest BCUT2D eigenvalue weighted by Crippen LogP contribution is -2.52. The molecule has 0 aliphatic carbocycles. The molecule has 0 aromatic rings. The van der Waals surface area contributed by atoms with E-state index in [9.17, 15) is 9.90 Å². The topological polar surface area (TPSA) is 58.6 Å². The summed E-state index contributed by atoms with van der Waals surface area (Å²) in [5.41, 5.74) is -0.830. The number of rotatable bonds is 12. The monoisotopic (exact) mass is 287 g/mol. The van der Waals surface area contributed by atoms with Gasteiger partial charge in [-0.1, -0.05) is 20.3 Å². The quantitative estimate of drug-likeness (QED) is 0.540. The molecular weight excluding hydrogens is 254 g/mol. The second kappa shape index (κ2) is 10.2. The lowest BCUT2D eigenvalue weighted by molar-refractivity contribution is -0.144. The van der Waals surface area contributed by atoms with E-state index in [1.807, 2.05) is 13.8 Å². The number of ether oxygens (including phenoxy) is 1. The molecule has 0 saturated heterocycles. The zero-order chi connectivity index (χ0) is 15.6. The van der Waals surface area contributed by atoms with Crippen LogP contribution in [0.2, 0.25) is 0 Å². The van der Waals surface area contributed by atoms with E-state index < -0.39 is 11.5 Å². The maximum Gasteiger partial charge on any atom is 0.323 e. The van der Waals surface area contributed by atoms with Crippen molar-refractivity contribution in [3.63, 3.8) is 0 Å². The van der Waals surface area contributed by atoms with Crippen LogP contribution < -0.4 is 5.32 Å². The Morgan fingerprint density at radius 3 is 2.45 bits per heavy atom. The normalized spacial score (nSPS) is 16.1. The van der Waals surface area contributed by atoms with Gasteiger partial charge in [0.25, 0.3) is 0 Å². The van der Waals surface area contributed by atoms with Gasteiger partial charge in [-0.25, -0.2) is 0 Å². The van der Waals surface area contributed by atoms with E-state index in [-0.39, 0.29) is 6.04 Å². The number of carboxylic acid groups (broad SMARTS) is 1. The van der Waals surface area contributed by atoms with Gasteiger partial charge in [0.05, 0.1) is 0 Å². The Labute approximate surface area is 124 Å². The maximum absolute atomic E-state index is 11.3. The van der Waals surface area contributed by atoms with Gasteiger partial charge in [0.2, 0.25) is 0 Å². The Bertz CT molecular complexity index is 268. The lowest BCUT2D eigenvalue weighted by atomic mass is 9.94. The van der Waals surface area contributed by atoms with Crippen LogP contribution >= 0.6 is 0 Å². The first-order valence-corrected chi connectivity index (χ1v) is 7.90. The SMILES string of the molecule is CCCC(C)COCCCCC(C)(NC(C)C)C(=O)O. The summed E-state index contributed by atoms with van der Waals surface area (Å²) in [5, 5.41) is 12.5. The molecule has 0 fully saturated rings. The summed E-state index contributed by atoms with van der Waals surface area (Å²) in [6.07, 6.45) is 4.82. The summed E-state index contributed by atoms with van der Waals surface area (Å²) in [4.78, 5) is 11.3. The van der Waals surface area contributed by atoms with Crippen molar-refractivity contribution >= 4 is 5.97 Å². The fraction of sp³-hybridized carbons (Fsp3) is 0.938. The van der Waals surface area contributed by atoms with E-state index in [4.69, 9.17) is 4.74 Å². The highest BCUT2D eigenvalue weighted by atomic mass is 16.5. The second-order valence-corrected chi connectivity index (χ2v) is 6.36. The van der Waals surface area contributed by atoms with Gasteiger partial charge >= 0.3 is 5.97 Å².